The highest BCUT2D eigenvalue weighted by atomic mass is 19.1. The summed E-state index contributed by atoms with van der Waals surface area (Å²) in [5, 5.41) is 16.5. The van der Waals surface area contributed by atoms with Gasteiger partial charge in [0.05, 0.1) is 43.8 Å². The van der Waals surface area contributed by atoms with E-state index in [-0.39, 0.29) is 31.1 Å². The van der Waals surface area contributed by atoms with E-state index in [0.717, 1.165) is 11.1 Å². The molecular weight excluding hydrogens is 537 g/mol. The zero-order chi connectivity index (χ0) is 29.7. The number of benzene rings is 3. The summed E-state index contributed by atoms with van der Waals surface area (Å²) in [6.45, 7) is 6.13. The Hall–Kier alpha value is -4.12. The van der Waals surface area contributed by atoms with Crippen LogP contribution in [0.5, 0.6) is 5.75 Å². The second-order valence-corrected chi connectivity index (χ2v) is 9.78. The number of nitrogens with one attached hydrogen (secondary N) is 2. The van der Waals surface area contributed by atoms with Gasteiger partial charge in [0.2, 0.25) is 5.91 Å². The Balaban J connectivity index is 1.55. The summed E-state index contributed by atoms with van der Waals surface area (Å²) < 4.78 is 25.5. The van der Waals surface area contributed by atoms with Gasteiger partial charge in [-0.3, -0.25) is 9.69 Å². The molecule has 0 aliphatic rings. The summed E-state index contributed by atoms with van der Waals surface area (Å²) in [5.41, 5.74) is 2.92. The number of ether oxygens (including phenoxy) is 2. The fraction of sp³-hybridized carbons (Fsp3) is 0.344. The lowest BCUT2D eigenvalue weighted by Crippen LogP contribution is -2.26. The first-order valence-corrected chi connectivity index (χ1v) is 14.2. The monoisotopic (exact) mass is 575 g/mol. The van der Waals surface area contributed by atoms with E-state index in [1.807, 2.05) is 61.2 Å². The van der Waals surface area contributed by atoms with Gasteiger partial charge in [-0.25, -0.2) is 14.4 Å². The number of hydrogen-bond acceptors (Lipinski definition) is 8. The molecule has 0 saturated carbocycles. The van der Waals surface area contributed by atoms with Crippen molar-refractivity contribution in [2.24, 2.45) is 0 Å². The van der Waals surface area contributed by atoms with Gasteiger partial charge in [0.1, 0.15) is 23.7 Å². The minimum Gasteiger partial charge on any atom is -0.492 e. The Morgan fingerprint density at radius 1 is 1.07 bits per heavy atom. The number of halogens is 1. The van der Waals surface area contributed by atoms with Crippen LogP contribution in [-0.4, -0.2) is 58.9 Å². The molecule has 3 N–H and O–H groups in total. The molecule has 1 amide bonds. The third-order valence-corrected chi connectivity index (χ3v) is 6.79. The quantitative estimate of drug-likeness (QED) is 0.150. The topological polar surface area (TPSA) is 109 Å². The van der Waals surface area contributed by atoms with Crippen molar-refractivity contribution in [3.63, 3.8) is 0 Å². The van der Waals surface area contributed by atoms with Crippen LogP contribution in [0.3, 0.4) is 0 Å². The first-order chi connectivity index (χ1) is 20.5. The molecule has 0 fully saturated rings. The lowest BCUT2D eigenvalue weighted by molar-refractivity contribution is -0.116. The highest BCUT2D eigenvalue weighted by Gasteiger charge is 2.18. The first-order valence-electron chi connectivity index (χ1n) is 14.2. The molecule has 42 heavy (non-hydrogen) atoms. The van der Waals surface area contributed by atoms with Crippen molar-refractivity contribution in [3.8, 4) is 5.75 Å². The Morgan fingerprint density at radius 2 is 1.90 bits per heavy atom. The number of rotatable bonds is 16. The highest BCUT2D eigenvalue weighted by Crippen LogP contribution is 2.34. The minimum atomic E-state index is -0.302. The predicted molar refractivity (Wildman–Crippen MR) is 162 cm³/mol. The maximum absolute atomic E-state index is 13.6. The molecule has 10 heteroatoms. The van der Waals surface area contributed by atoms with E-state index in [1.165, 1.54) is 18.5 Å². The van der Waals surface area contributed by atoms with E-state index >= 15 is 0 Å². The summed E-state index contributed by atoms with van der Waals surface area (Å²) in [6, 6.07) is 19.6. The fourth-order valence-electron chi connectivity index (χ4n) is 4.57. The van der Waals surface area contributed by atoms with Crippen molar-refractivity contribution in [2.75, 3.05) is 43.7 Å². The zero-order valence-electron chi connectivity index (χ0n) is 24.1. The molecule has 0 aliphatic carbocycles. The van der Waals surface area contributed by atoms with Crippen molar-refractivity contribution in [3.05, 3.63) is 90.0 Å². The number of hydrogen-bond donors (Lipinski definition) is 3. The molecule has 1 atom stereocenters. The van der Waals surface area contributed by atoms with Crippen LogP contribution in [-0.2, 0) is 16.1 Å². The largest absolute Gasteiger partial charge is 0.492 e. The van der Waals surface area contributed by atoms with Crippen LogP contribution in [0.1, 0.15) is 43.9 Å². The molecule has 222 valence electrons. The second-order valence-electron chi connectivity index (χ2n) is 9.78. The molecule has 0 unspecified atom stereocenters. The number of nitrogens with zero attached hydrogens (tertiary/aromatic N) is 3. The zero-order valence-corrected chi connectivity index (χ0v) is 24.1. The van der Waals surface area contributed by atoms with Crippen LogP contribution in [0.15, 0.2) is 73.1 Å². The standard InChI is InChI=1S/C32H38FN5O4/c1-3-38(22-39)15-9-14-31(40)36-28-17-26-27(18-30(28)42-4-2)34-21-35-32(26)37-29(24-11-6-5-7-12-24)20-41-19-23-10-8-13-25(33)16-23/h5-8,10-13,16-18,21,29,39H,3-4,9,14-15,19-20,22H2,1-2H3,(H,36,40)(H,34,35,37)/t29-/m1/s1. The van der Waals surface area contributed by atoms with E-state index < -0.39 is 0 Å². The average molecular weight is 576 g/mol. The number of anilines is 2. The molecular formula is C32H38FN5O4. The number of carbonyl (C=O) groups excluding carboxylic acids is 1. The Labute approximate surface area is 245 Å². The molecule has 3 aromatic carbocycles. The molecule has 0 saturated heterocycles. The van der Waals surface area contributed by atoms with E-state index in [4.69, 9.17) is 9.47 Å². The number of carbonyl (C=O) groups is 1. The van der Waals surface area contributed by atoms with Crippen molar-refractivity contribution in [1.29, 1.82) is 0 Å². The highest BCUT2D eigenvalue weighted by molar-refractivity contribution is 5.99. The van der Waals surface area contributed by atoms with Crippen molar-refractivity contribution >= 4 is 28.3 Å². The predicted octanol–water partition coefficient (Wildman–Crippen LogP) is 5.53. The Bertz CT molecular complexity index is 1440. The Morgan fingerprint density at radius 3 is 2.64 bits per heavy atom. The van der Waals surface area contributed by atoms with Crippen molar-refractivity contribution in [1.82, 2.24) is 14.9 Å². The van der Waals surface area contributed by atoms with Crippen LogP contribution in [0.4, 0.5) is 15.9 Å². The van der Waals surface area contributed by atoms with Crippen LogP contribution in [0, 0.1) is 5.82 Å². The van der Waals surface area contributed by atoms with Gasteiger partial charge >= 0.3 is 0 Å². The summed E-state index contributed by atoms with van der Waals surface area (Å²) in [6.07, 6.45) is 2.40. The van der Waals surface area contributed by atoms with E-state index in [9.17, 15) is 14.3 Å². The van der Waals surface area contributed by atoms with Crippen molar-refractivity contribution < 1.29 is 23.8 Å². The minimum absolute atomic E-state index is 0.0348. The first kappa shape index (κ1) is 30.8. The van der Waals surface area contributed by atoms with E-state index in [1.54, 1.807) is 12.1 Å². The SMILES string of the molecule is CCOc1cc2ncnc(N[C@H](COCc3cccc(F)c3)c3ccccc3)c2cc1NC(=O)CCCN(CC)CO. The third-order valence-electron chi connectivity index (χ3n) is 6.79. The van der Waals surface area contributed by atoms with Crippen LogP contribution < -0.4 is 15.4 Å². The van der Waals surface area contributed by atoms with Gasteiger partial charge in [-0.1, -0.05) is 49.4 Å². The van der Waals surface area contributed by atoms with Crippen LogP contribution >= 0.6 is 0 Å². The molecule has 0 bridgehead atoms. The second kappa shape index (κ2) is 15.8. The maximum atomic E-state index is 13.6. The molecule has 1 heterocycles. The van der Waals surface area contributed by atoms with Gasteiger partial charge < -0.3 is 25.2 Å². The maximum Gasteiger partial charge on any atom is 0.224 e. The molecule has 1 aromatic heterocycles. The summed E-state index contributed by atoms with van der Waals surface area (Å²) in [5.74, 6) is 0.641. The van der Waals surface area contributed by atoms with Crippen LogP contribution in [0.2, 0.25) is 0 Å². The third kappa shape index (κ3) is 8.69. The van der Waals surface area contributed by atoms with E-state index in [2.05, 4.69) is 20.6 Å². The molecule has 0 spiro atoms. The summed E-state index contributed by atoms with van der Waals surface area (Å²) >= 11 is 0. The van der Waals surface area contributed by atoms with Gasteiger partial charge in [-0.05, 0) is 49.2 Å². The lowest BCUT2D eigenvalue weighted by Gasteiger charge is -2.21. The van der Waals surface area contributed by atoms with E-state index in [0.29, 0.717) is 67.3 Å². The lowest BCUT2D eigenvalue weighted by atomic mass is 10.1. The number of fused-ring (bicyclic) bond motifs is 1. The van der Waals surface area contributed by atoms with Gasteiger partial charge in [0, 0.05) is 24.4 Å². The summed E-state index contributed by atoms with van der Waals surface area (Å²) in [4.78, 5) is 23.7. The number of aliphatic hydroxyl groups excluding tert-OH is 1. The molecule has 0 radical (unpaired) electrons. The van der Waals surface area contributed by atoms with Gasteiger partial charge in [0.15, 0.2) is 0 Å². The van der Waals surface area contributed by atoms with Crippen LogP contribution in [0.25, 0.3) is 10.9 Å². The molecule has 0 aliphatic heterocycles. The molecule has 9 nitrogen and oxygen atoms in total. The average Bonchev–Trinajstić information content (AvgIpc) is 3.00. The summed E-state index contributed by atoms with van der Waals surface area (Å²) in [7, 11) is 0. The normalized spacial score (nSPS) is 11.9. The van der Waals surface area contributed by atoms with Gasteiger partial charge in [-0.15, -0.1) is 0 Å². The molecule has 4 aromatic rings. The molecule has 4 rings (SSSR count). The van der Waals surface area contributed by atoms with Gasteiger partial charge in [0.25, 0.3) is 0 Å². The van der Waals surface area contributed by atoms with Gasteiger partial charge in [-0.2, -0.15) is 0 Å². The number of amides is 1. The fourth-order valence-corrected chi connectivity index (χ4v) is 4.57. The van der Waals surface area contributed by atoms with Crippen molar-refractivity contribution in [2.45, 2.75) is 39.3 Å². The smallest absolute Gasteiger partial charge is 0.224 e. The Kier molecular flexibility index (Phi) is 11.6. The number of aromatic nitrogens is 2. The number of aliphatic hydroxyl groups is 1.